The highest BCUT2D eigenvalue weighted by atomic mass is 35.5. The molecule has 6 nitrogen and oxygen atoms in total. The summed E-state index contributed by atoms with van der Waals surface area (Å²) in [5.74, 6) is -0.708. The lowest BCUT2D eigenvalue weighted by molar-refractivity contribution is -0.123. The Labute approximate surface area is 137 Å². The molecule has 0 unspecified atom stereocenters. The van der Waals surface area contributed by atoms with Crippen molar-refractivity contribution in [3.05, 3.63) is 64.7 Å². The van der Waals surface area contributed by atoms with Gasteiger partial charge in [0.15, 0.2) is 6.61 Å². The maximum absolute atomic E-state index is 11.8. The molecular formula is C16H12ClN3O3. The number of nitriles is 1. The van der Waals surface area contributed by atoms with E-state index in [9.17, 15) is 9.59 Å². The molecule has 116 valence electrons. The molecule has 0 heterocycles. The van der Waals surface area contributed by atoms with Crippen molar-refractivity contribution < 1.29 is 14.3 Å². The van der Waals surface area contributed by atoms with E-state index in [1.807, 2.05) is 6.07 Å². The zero-order chi connectivity index (χ0) is 16.7. The van der Waals surface area contributed by atoms with Gasteiger partial charge in [0.05, 0.1) is 16.7 Å². The molecule has 0 aliphatic rings. The number of benzene rings is 2. The van der Waals surface area contributed by atoms with E-state index in [2.05, 4.69) is 10.9 Å². The number of hydrogen-bond donors (Lipinski definition) is 2. The standard InChI is InChI=1S/C16H12ClN3O3/c17-13-6-1-2-7-14(13)23-10-15(21)19-20-16(22)12-5-3-4-11(8-12)9-18/h1-8H,10H2,(H,19,21)(H,20,22). The third-order valence-electron chi connectivity index (χ3n) is 2.76. The van der Waals surface area contributed by atoms with E-state index in [-0.39, 0.29) is 12.2 Å². The number of para-hydroxylation sites is 1. The van der Waals surface area contributed by atoms with Crippen LogP contribution in [0.4, 0.5) is 0 Å². The minimum Gasteiger partial charge on any atom is -0.482 e. The summed E-state index contributed by atoms with van der Waals surface area (Å²) in [5, 5.41) is 9.17. The van der Waals surface area contributed by atoms with Gasteiger partial charge in [-0.2, -0.15) is 5.26 Å². The monoisotopic (exact) mass is 329 g/mol. The topological polar surface area (TPSA) is 91.2 Å². The van der Waals surface area contributed by atoms with Crippen molar-refractivity contribution in [3.8, 4) is 11.8 Å². The summed E-state index contributed by atoms with van der Waals surface area (Å²) in [7, 11) is 0. The van der Waals surface area contributed by atoms with Gasteiger partial charge in [-0.1, -0.05) is 29.8 Å². The van der Waals surface area contributed by atoms with Gasteiger partial charge in [-0.3, -0.25) is 20.4 Å². The number of hydrazine groups is 1. The number of amides is 2. The molecule has 0 atom stereocenters. The Morgan fingerprint density at radius 3 is 2.65 bits per heavy atom. The van der Waals surface area contributed by atoms with Crippen molar-refractivity contribution in [1.82, 2.24) is 10.9 Å². The summed E-state index contributed by atoms with van der Waals surface area (Å²) >= 11 is 5.89. The molecule has 0 bridgehead atoms. The SMILES string of the molecule is N#Cc1cccc(C(=O)NNC(=O)COc2ccccc2Cl)c1. The Kier molecular flexibility index (Phi) is 5.56. The number of hydrogen-bond acceptors (Lipinski definition) is 4. The van der Waals surface area contributed by atoms with Gasteiger partial charge in [0, 0.05) is 5.56 Å². The zero-order valence-electron chi connectivity index (χ0n) is 11.9. The van der Waals surface area contributed by atoms with Crippen LogP contribution >= 0.6 is 11.6 Å². The maximum Gasteiger partial charge on any atom is 0.276 e. The Morgan fingerprint density at radius 2 is 1.91 bits per heavy atom. The van der Waals surface area contributed by atoms with Gasteiger partial charge in [-0.15, -0.1) is 0 Å². The molecule has 0 saturated carbocycles. The van der Waals surface area contributed by atoms with E-state index in [1.165, 1.54) is 12.1 Å². The average Bonchev–Trinajstić information content (AvgIpc) is 2.59. The molecule has 0 spiro atoms. The summed E-state index contributed by atoms with van der Waals surface area (Å²) in [5.41, 5.74) is 5.07. The van der Waals surface area contributed by atoms with Crippen LogP contribution in [0.1, 0.15) is 15.9 Å². The van der Waals surface area contributed by atoms with E-state index in [0.29, 0.717) is 16.3 Å². The molecule has 0 saturated heterocycles. The molecule has 7 heteroatoms. The molecule has 0 fully saturated rings. The quantitative estimate of drug-likeness (QED) is 0.840. The normalized spacial score (nSPS) is 9.57. The maximum atomic E-state index is 11.8. The Bertz CT molecular complexity index is 771. The van der Waals surface area contributed by atoms with Crippen LogP contribution in [-0.4, -0.2) is 18.4 Å². The summed E-state index contributed by atoms with van der Waals surface area (Å²) in [6.07, 6.45) is 0. The lowest BCUT2D eigenvalue weighted by Crippen LogP contribution is -2.43. The lowest BCUT2D eigenvalue weighted by atomic mass is 10.1. The Hall–Kier alpha value is -3.04. The first-order chi connectivity index (χ1) is 11.1. The number of nitrogens with zero attached hydrogens (tertiary/aromatic N) is 1. The van der Waals surface area contributed by atoms with E-state index in [1.54, 1.807) is 36.4 Å². The fourth-order valence-corrected chi connectivity index (χ4v) is 1.86. The molecule has 0 radical (unpaired) electrons. The summed E-state index contributed by atoms with van der Waals surface area (Å²) in [6, 6.07) is 14.8. The highest BCUT2D eigenvalue weighted by Gasteiger charge is 2.09. The van der Waals surface area contributed by atoms with Crippen LogP contribution in [0.2, 0.25) is 5.02 Å². The van der Waals surface area contributed by atoms with Crippen LogP contribution in [-0.2, 0) is 4.79 Å². The molecule has 2 N–H and O–H groups in total. The predicted octanol–water partition coefficient (Wildman–Crippen LogP) is 2.05. The van der Waals surface area contributed by atoms with Crippen LogP contribution in [0.5, 0.6) is 5.75 Å². The first-order valence-electron chi connectivity index (χ1n) is 6.57. The van der Waals surface area contributed by atoms with E-state index < -0.39 is 11.8 Å². The van der Waals surface area contributed by atoms with Crippen LogP contribution in [0.25, 0.3) is 0 Å². The molecule has 2 aromatic carbocycles. The molecule has 2 amide bonds. The van der Waals surface area contributed by atoms with Gasteiger partial charge in [0.1, 0.15) is 5.75 Å². The smallest absolute Gasteiger partial charge is 0.276 e. The summed E-state index contributed by atoms with van der Waals surface area (Å²) < 4.78 is 5.23. The second-order valence-corrected chi connectivity index (χ2v) is 4.82. The number of halogens is 1. The van der Waals surface area contributed by atoms with Gasteiger partial charge >= 0.3 is 0 Å². The zero-order valence-corrected chi connectivity index (χ0v) is 12.6. The minimum absolute atomic E-state index is 0.261. The number of rotatable bonds is 4. The van der Waals surface area contributed by atoms with Gasteiger partial charge in [0.25, 0.3) is 11.8 Å². The van der Waals surface area contributed by atoms with Crippen molar-refractivity contribution in [2.24, 2.45) is 0 Å². The third kappa shape index (κ3) is 4.73. The summed E-state index contributed by atoms with van der Waals surface area (Å²) in [4.78, 5) is 23.5. The second kappa shape index (κ2) is 7.82. The lowest BCUT2D eigenvalue weighted by Gasteiger charge is -2.09. The van der Waals surface area contributed by atoms with Crippen molar-refractivity contribution in [3.63, 3.8) is 0 Å². The molecule has 2 aromatic rings. The van der Waals surface area contributed by atoms with E-state index in [0.717, 1.165) is 0 Å². The van der Waals surface area contributed by atoms with Crippen LogP contribution in [0.3, 0.4) is 0 Å². The molecule has 2 rings (SSSR count). The highest BCUT2D eigenvalue weighted by Crippen LogP contribution is 2.22. The fourth-order valence-electron chi connectivity index (χ4n) is 1.67. The van der Waals surface area contributed by atoms with Crippen molar-refractivity contribution in [2.45, 2.75) is 0 Å². The number of ether oxygens (including phenoxy) is 1. The second-order valence-electron chi connectivity index (χ2n) is 4.41. The predicted molar refractivity (Wildman–Crippen MR) is 83.7 cm³/mol. The summed E-state index contributed by atoms with van der Waals surface area (Å²) in [6.45, 7) is -0.303. The molecule has 0 aromatic heterocycles. The largest absolute Gasteiger partial charge is 0.482 e. The third-order valence-corrected chi connectivity index (χ3v) is 3.08. The first kappa shape index (κ1) is 16.3. The van der Waals surface area contributed by atoms with Crippen molar-refractivity contribution >= 4 is 23.4 Å². The van der Waals surface area contributed by atoms with Crippen molar-refractivity contribution in [2.75, 3.05) is 6.61 Å². The van der Waals surface area contributed by atoms with E-state index in [4.69, 9.17) is 21.6 Å². The van der Waals surface area contributed by atoms with Gasteiger partial charge in [0.2, 0.25) is 0 Å². The molecule has 23 heavy (non-hydrogen) atoms. The first-order valence-corrected chi connectivity index (χ1v) is 6.94. The van der Waals surface area contributed by atoms with Crippen molar-refractivity contribution in [1.29, 1.82) is 5.26 Å². The minimum atomic E-state index is -0.547. The van der Waals surface area contributed by atoms with Gasteiger partial charge in [-0.05, 0) is 30.3 Å². The highest BCUT2D eigenvalue weighted by molar-refractivity contribution is 6.32. The number of nitrogens with one attached hydrogen (secondary N) is 2. The van der Waals surface area contributed by atoms with Crippen LogP contribution in [0, 0.1) is 11.3 Å². The van der Waals surface area contributed by atoms with Crippen LogP contribution < -0.4 is 15.6 Å². The Morgan fingerprint density at radius 1 is 1.13 bits per heavy atom. The van der Waals surface area contributed by atoms with Gasteiger partial charge < -0.3 is 4.74 Å². The molecular weight excluding hydrogens is 318 g/mol. The Balaban J connectivity index is 1.83. The van der Waals surface area contributed by atoms with Gasteiger partial charge in [-0.25, -0.2) is 0 Å². The number of carbonyl (C=O) groups excluding carboxylic acids is 2. The molecule has 0 aliphatic carbocycles. The van der Waals surface area contributed by atoms with E-state index >= 15 is 0 Å². The molecule has 0 aliphatic heterocycles. The number of carbonyl (C=O) groups is 2. The fraction of sp³-hybridized carbons (Fsp3) is 0.0625. The average molecular weight is 330 g/mol. The van der Waals surface area contributed by atoms with Crippen LogP contribution in [0.15, 0.2) is 48.5 Å².